The van der Waals surface area contributed by atoms with Gasteiger partial charge in [-0.25, -0.2) is 4.79 Å². The number of benzene rings is 1. The van der Waals surface area contributed by atoms with E-state index in [9.17, 15) is 14.7 Å². The maximum Gasteiger partial charge on any atom is 0.383 e. The third kappa shape index (κ3) is 4.89. The number of fused-ring (bicyclic) bond motifs is 1. The lowest BCUT2D eigenvalue weighted by molar-refractivity contribution is -0.137. The first-order valence-electron chi connectivity index (χ1n) is 8.30. The molecule has 0 radical (unpaired) electrons. The molecule has 0 fully saturated rings. The molecule has 0 spiro atoms. The van der Waals surface area contributed by atoms with Gasteiger partial charge in [-0.1, -0.05) is 19.4 Å². The quantitative estimate of drug-likeness (QED) is 0.500. The highest BCUT2D eigenvalue weighted by atomic mass is 16.5. The normalized spacial score (nSPS) is 10.8. The van der Waals surface area contributed by atoms with E-state index in [0.29, 0.717) is 25.2 Å². The minimum Gasteiger partial charge on any atom is -0.503 e. The van der Waals surface area contributed by atoms with Crippen LogP contribution < -0.4 is 15.1 Å². The molecule has 25 heavy (non-hydrogen) atoms. The summed E-state index contributed by atoms with van der Waals surface area (Å²) in [6, 6.07) is 4.85. The Morgan fingerprint density at radius 2 is 1.92 bits per heavy atom. The van der Waals surface area contributed by atoms with Crippen LogP contribution in [0.2, 0.25) is 0 Å². The number of aliphatic carboxylic acids is 1. The molecule has 1 aromatic carbocycles. The van der Waals surface area contributed by atoms with Crippen molar-refractivity contribution in [2.75, 3.05) is 13.2 Å². The first-order chi connectivity index (χ1) is 12.0. The molecule has 0 amide bonds. The van der Waals surface area contributed by atoms with E-state index < -0.39 is 11.6 Å². The van der Waals surface area contributed by atoms with Crippen LogP contribution in [0.25, 0.3) is 11.0 Å². The molecule has 2 aromatic rings. The molecule has 7 nitrogen and oxygen atoms in total. The molecule has 0 atom stereocenters. The third-order valence-corrected chi connectivity index (χ3v) is 3.61. The van der Waals surface area contributed by atoms with Crippen molar-refractivity contribution in [2.24, 2.45) is 0 Å². The van der Waals surface area contributed by atoms with Gasteiger partial charge in [0.25, 0.3) is 0 Å². The van der Waals surface area contributed by atoms with Crippen molar-refractivity contribution < 1.29 is 28.9 Å². The van der Waals surface area contributed by atoms with Gasteiger partial charge in [0.1, 0.15) is 16.7 Å². The van der Waals surface area contributed by atoms with Crippen LogP contribution in [0, 0.1) is 0 Å². The zero-order valence-electron chi connectivity index (χ0n) is 14.1. The van der Waals surface area contributed by atoms with Crippen LogP contribution in [0.5, 0.6) is 17.2 Å². The number of rotatable bonds is 10. The van der Waals surface area contributed by atoms with Gasteiger partial charge in [-0.3, -0.25) is 4.79 Å². The van der Waals surface area contributed by atoms with Gasteiger partial charge in [0.2, 0.25) is 5.75 Å². The van der Waals surface area contributed by atoms with Crippen molar-refractivity contribution in [2.45, 2.75) is 39.0 Å². The molecule has 2 N–H and O–H groups in total. The second-order valence-corrected chi connectivity index (χ2v) is 5.60. The molecular formula is C18H22O7. The molecule has 2 rings (SSSR count). The zero-order valence-corrected chi connectivity index (χ0v) is 14.1. The Hall–Kier alpha value is -2.70. The van der Waals surface area contributed by atoms with Gasteiger partial charge in [-0.05, 0) is 31.4 Å². The average molecular weight is 350 g/mol. The predicted molar refractivity (Wildman–Crippen MR) is 91.5 cm³/mol. The Bertz CT molecular complexity index is 779. The van der Waals surface area contributed by atoms with E-state index in [1.165, 1.54) is 0 Å². The fourth-order valence-corrected chi connectivity index (χ4v) is 2.31. The Balaban J connectivity index is 2.21. The van der Waals surface area contributed by atoms with Crippen molar-refractivity contribution in [3.63, 3.8) is 0 Å². The van der Waals surface area contributed by atoms with E-state index in [2.05, 4.69) is 0 Å². The fraction of sp³-hybridized carbons (Fsp3) is 0.444. The number of carboxylic acids is 1. The average Bonchev–Trinajstić information content (AvgIpc) is 2.57. The van der Waals surface area contributed by atoms with E-state index in [1.54, 1.807) is 18.2 Å². The van der Waals surface area contributed by atoms with Crippen molar-refractivity contribution in [1.29, 1.82) is 0 Å². The SMILES string of the molecule is CCCCOc1c(O)c2c(OCCCCC(=O)O)cccc2oc1=O. The number of carbonyl (C=O) groups is 1. The van der Waals surface area contributed by atoms with Gasteiger partial charge in [0.15, 0.2) is 5.75 Å². The Labute approximate surface area is 144 Å². The highest BCUT2D eigenvalue weighted by Crippen LogP contribution is 2.37. The van der Waals surface area contributed by atoms with Crippen molar-refractivity contribution >= 4 is 16.9 Å². The lowest BCUT2D eigenvalue weighted by Gasteiger charge is -2.12. The molecule has 1 heterocycles. The van der Waals surface area contributed by atoms with Crippen LogP contribution in [0.1, 0.15) is 39.0 Å². The highest BCUT2D eigenvalue weighted by molar-refractivity contribution is 5.91. The number of aromatic hydroxyl groups is 1. The van der Waals surface area contributed by atoms with Crippen LogP contribution in [0.15, 0.2) is 27.4 Å². The van der Waals surface area contributed by atoms with Crippen LogP contribution in [0.3, 0.4) is 0 Å². The Morgan fingerprint density at radius 1 is 1.16 bits per heavy atom. The van der Waals surface area contributed by atoms with E-state index >= 15 is 0 Å². The maximum atomic E-state index is 12.0. The predicted octanol–water partition coefficient (Wildman–Crippen LogP) is 3.31. The molecule has 0 aliphatic rings. The molecule has 0 aliphatic carbocycles. The number of hydrogen-bond donors (Lipinski definition) is 2. The van der Waals surface area contributed by atoms with Gasteiger partial charge in [0.05, 0.1) is 13.2 Å². The van der Waals surface area contributed by atoms with Crippen LogP contribution >= 0.6 is 0 Å². The second kappa shape index (κ2) is 8.96. The molecule has 1 aromatic heterocycles. The van der Waals surface area contributed by atoms with Crippen molar-refractivity contribution in [3.8, 4) is 17.2 Å². The minimum absolute atomic E-state index is 0.0778. The maximum absolute atomic E-state index is 12.0. The summed E-state index contributed by atoms with van der Waals surface area (Å²) < 4.78 is 16.2. The summed E-state index contributed by atoms with van der Waals surface area (Å²) >= 11 is 0. The number of hydrogen-bond acceptors (Lipinski definition) is 6. The summed E-state index contributed by atoms with van der Waals surface area (Å²) in [5.74, 6) is -1.01. The third-order valence-electron chi connectivity index (χ3n) is 3.61. The van der Waals surface area contributed by atoms with Crippen LogP contribution in [-0.2, 0) is 4.79 Å². The fourth-order valence-electron chi connectivity index (χ4n) is 2.31. The van der Waals surface area contributed by atoms with E-state index in [1.807, 2.05) is 6.92 Å². The van der Waals surface area contributed by atoms with Crippen LogP contribution in [0.4, 0.5) is 0 Å². The Morgan fingerprint density at radius 3 is 2.64 bits per heavy atom. The Kier molecular flexibility index (Phi) is 6.68. The van der Waals surface area contributed by atoms with Crippen molar-refractivity contribution in [1.82, 2.24) is 0 Å². The smallest absolute Gasteiger partial charge is 0.383 e. The summed E-state index contributed by atoms with van der Waals surface area (Å²) in [6.07, 6.45) is 2.77. The monoisotopic (exact) mass is 350 g/mol. The summed E-state index contributed by atoms with van der Waals surface area (Å²) in [6.45, 7) is 2.58. The lowest BCUT2D eigenvalue weighted by atomic mass is 10.2. The van der Waals surface area contributed by atoms with Gasteiger partial charge in [-0.15, -0.1) is 0 Å². The second-order valence-electron chi connectivity index (χ2n) is 5.60. The number of carboxylic acid groups (broad SMARTS) is 1. The minimum atomic E-state index is -0.849. The van der Waals surface area contributed by atoms with Gasteiger partial charge >= 0.3 is 11.6 Å². The molecule has 7 heteroatoms. The van der Waals surface area contributed by atoms with E-state index in [4.69, 9.17) is 19.0 Å². The molecule has 136 valence electrons. The molecule has 0 aliphatic heterocycles. The number of ether oxygens (including phenoxy) is 2. The molecule has 0 saturated carbocycles. The van der Waals surface area contributed by atoms with Gasteiger partial charge in [-0.2, -0.15) is 0 Å². The van der Waals surface area contributed by atoms with Gasteiger partial charge in [0, 0.05) is 6.42 Å². The van der Waals surface area contributed by atoms with Gasteiger partial charge < -0.3 is 24.1 Å². The lowest BCUT2D eigenvalue weighted by Crippen LogP contribution is -2.09. The van der Waals surface area contributed by atoms with Crippen LogP contribution in [-0.4, -0.2) is 29.4 Å². The topological polar surface area (TPSA) is 106 Å². The molecule has 0 bridgehead atoms. The first kappa shape index (κ1) is 18.6. The standard InChI is InChI=1S/C18H22O7/c1-2-3-10-24-17-16(21)15-12(23-11-5-4-9-14(19)20)7-6-8-13(15)25-18(17)22/h6-8,21H,2-5,9-11H2,1H3,(H,19,20). The molecule has 0 unspecified atom stereocenters. The van der Waals surface area contributed by atoms with E-state index in [0.717, 1.165) is 12.8 Å². The molecular weight excluding hydrogens is 328 g/mol. The summed E-state index contributed by atoms with van der Waals surface area (Å²) in [4.78, 5) is 22.5. The van der Waals surface area contributed by atoms with Crippen molar-refractivity contribution in [3.05, 3.63) is 28.6 Å². The summed E-state index contributed by atoms with van der Waals surface area (Å²) in [7, 11) is 0. The summed E-state index contributed by atoms with van der Waals surface area (Å²) in [5, 5.41) is 19.3. The number of unbranched alkanes of at least 4 members (excludes halogenated alkanes) is 2. The molecule has 0 saturated heterocycles. The summed E-state index contributed by atoms with van der Waals surface area (Å²) in [5.41, 5.74) is -0.534. The first-order valence-corrected chi connectivity index (χ1v) is 8.30. The highest BCUT2D eigenvalue weighted by Gasteiger charge is 2.18. The largest absolute Gasteiger partial charge is 0.503 e. The zero-order chi connectivity index (χ0) is 18.2. The van der Waals surface area contributed by atoms with E-state index in [-0.39, 0.29) is 35.5 Å².